The van der Waals surface area contributed by atoms with Crippen LogP contribution in [0.25, 0.3) is 0 Å². The zero-order valence-electron chi connectivity index (χ0n) is 9.79. The standard InChI is InChI=1S/C14H18O2/c1-11-3-4-13-10-14(6-5-12(13)9-11)15-7-2-8-16-14/h3-4,9H,2,5-8,10H2,1H3. The molecule has 1 saturated heterocycles. The Hall–Kier alpha value is -0.860. The highest BCUT2D eigenvalue weighted by molar-refractivity contribution is 5.34. The lowest BCUT2D eigenvalue weighted by atomic mass is 9.86. The summed E-state index contributed by atoms with van der Waals surface area (Å²) >= 11 is 0. The van der Waals surface area contributed by atoms with Gasteiger partial charge in [-0.2, -0.15) is 0 Å². The second kappa shape index (κ2) is 3.86. The third kappa shape index (κ3) is 1.76. The van der Waals surface area contributed by atoms with Gasteiger partial charge in [0.1, 0.15) is 0 Å². The van der Waals surface area contributed by atoms with Gasteiger partial charge in [-0.25, -0.2) is 0 Å². The van der Waals surface area contributed by atoms with Gasteiger partial charge in [-0.1, -0.05) is 23.8 Å². The molecule has 1 aromatic carbocycles. The van der Waals surface area contributed by atoms with E-state index < -0.39 is 0 Å². The number of fused-ring (bicyclic) bond motifs is 1. The number of aryl methyl sites for hydroxylation is 2. The van der Waals surface area contributed by atoms with Crippen LogP contribution in [0.5, 0.6) is 0 Å². The van der Waals surface area contributed by atoms with Crippen molar-refractivity contribution in [2.45, 2.75) is 38.4 Å². The minimum Gasteiger partial charge on any atom is -0.349 e. The zero-order chi connectivity index (χ0) is 11.0. The van der Waals surface area contributed by atoms with E-state index in [0.717, 1.165) is 38.9 Å². The molecule has 0 unspecified atom stereocenters. The molecule has 0 aromatic heterocycles. The molecule has 0 bridgehead atoms. The van der Waals surface area contributed by atoms with Crippen LogP contribution in [0.4, 0.5) is 0 Å². The lowest BCUT2D eigenvalue weighted by molar-refractivity contribution is -0.271. The van der Waals surface area contributed by atoms with Crippen LogP contribution in [0.3, 0.4) is 0 Å². The minimum absolute atomic E-state index is 0.305. The van der Waals surface area contributed by atoms with Crippen molar-refractivity contribution in [3.05, 3.63) is 34.9 Å². The number of benzene rings is 1. The second-order valence-corrected chi connectivity index (χ2v) is 4.91. The van der Waals surface area contributed by atoms with Gasteiger partial charge in [0.25, 0.3) is 0 Å². The fourth-order valence-corrected chi connectivity index (χ4v) is 2.73. The first kappa shape index (κ1) is 10.3. The quantitative estimate of drug-likeness (QED) is 0.666. The SMILES string of the molecule is Cc1ccc2c(c1)CCC1(C2)OCCCO1. The average Bonchev–Trinajstić information content (AvgIpc) is 2.31. The average molecular weight is 218 g/mol. The maximum absolute atomic E-state index is 5.87. The van der Waals surface area contributed by atoms with Crippen LogP contribution in [-0.4, -0.2) is 19.0 Å². The summed E-state index contributed by atoms with van der Waals surface area (Å²) in [6.45, 7) is 3.85. The molecule has 0 saturated carbocycles. The molecule has 16 heavy (non-hydrogen) atoms. The number of hydrogen-bond donors (Lipinski definition) is 0. The van der Waals surface area contributed by atoms with Crippen LogP contribution in [0.15, 0.2) is 18.2 Å². The van der Waals surface area contributed by atoms with E-state index in [2.05, 4.69) is 25.1 Å². The van der Waals surface area contributed by atoms with Crippen molar-refractivity contribution < 1.29 is 9.47 Å². The van der Waals surface area contributed by atoms with E-state index in [4.69, 9.17) is 9.47 Å². The molecule has 2 heteroatoms. The minimum atomic E-state index is -0.305. The van der Waals surface area contributed by atoms with Crippen LogP contribution in [-0.2, 0) is 22.3 Å². The van der Waals surface area contributed by atoms with Crippen molar-refractivity contribution in [2.24, 2.45) is 0 Å². The van der Waals surface area contributed by atoms with Gasteiger partial charge in [-0.3, -0.25) is 0 Å². The van der Waals surface area contributed by atoms with Crippen molar-refractivity contribution in [3.8, 4) is 0 Å². The summed E-state index contributed by atoms with van der Waals surface area (Å²) in [5.41, 5.74) is 4.22. The molecule has 0 radical (unpaired) electrons. The Balaban J connectivity index is 1.88. The maximum atomic E-state index is 5.87. The summed E-state index contributed by atoms with van der Waals surface area (Å²) in [6.07, 6.45) is 4.03. The first-order chi connectivity index (χ1) is 7.77. The van der Waals surface area contributed by atoms with E-state index in [1.165, 1.54) is 16.7 Å². The molecule has 1 aliphatic carbocycles. The lowest BCUT2D eigenvalue weighted by Crippen LogP contribution is -2.45. The van der Waals surface area contributed by atoms with E-state index in [1.807, 2.05) is 0 Å². The van der Waals surface area contributed by atoms with Crippen molar-refractivity contribution >= 4 is 0 Å². The third-order valence-corrected chi connectivity index (χ3v) is 3.62. The van der Waals surface area contributed by atoms with Crippen LogP contribution in [0.2, 0.25) is 0 Å². The van der Waals surface area contributed by atoms with Gasteiger partial charge >= 0.3 is 0 Å². The van der Waals surface area contributed by atoms with Gasteiger partial charge in [0.05, 0.1) is 13.2 Å². The summed E-state index contributed by atoms with van der Waals surface area (Å²) in [5, 5.41) is 0. The van der Waals surface area contributed by atoms with Crippen molar-refractivity contribution in [3.63, 3.8) is 0 Å². The zero-order valence-corrected chi connectivity index (χ0v) is 9.79. The second-order valence-electron chi connectivity index (χ2n) is 4.91. The Morgan fingerprint density at radius 3 is 2.75 bits per heavy atom. The van der Waals surface area contributed by atoms with Crippen molar-refractivity contribution in [2.75, 3.05) is 13.2 Å². The Labute approximate surface area is 96.6 Å². The summed E-state index contributed by atoms with van der Waals surface area (Å²) in [4.78, 5) is 0. The maximum Gasteiger partial charge on any atom is 0.172 e. The van der Waals surface area contributed by atoms with Crippen LogP contribution in [0, 0.1) is 6.92 Å². The fraction of sp³-hybridized carbons (Fsp3) is 0.571. The van der Waals surface area contributed by atoms with E-state index in [1.54, 1.807) is 0 Å². The van der Waals surface area contributed by atoms with Gasteiger partial charge in [-0.15, -0.1) is 0 Å². The molecule has 1 aromatic rings. The Kier molecular flexibility index (Phi) is 2.49. The first-order valence-electron chi connectivity index (χ1n) is 6.14. The fourth-order valence-electron chi connectivity index (χ4n) is 2.73. The van der Waals surface area contributed by atoms with E-state index in [0.29, 0.717) is 0 Å². The summed E-state index contributed by atoms with van der Waals surface area (Å²) in [7, 11) is 0. The molecule has 3 rings (SSSR count). The van der Waals surface area contributed by atoms with Gasteiger partial charge in [0.2, 0.25) is 0 Å². The highest BCUT2D eigenvalue weighted by atomic mass is 16.7. The van der Waals surface area contributed by atoms with E-state index in [9.17, 15) is 0 Å². The number of ether oxygens (including phenoxy) is 2. The first-order valence-corrected chi connectivity index (χ1v) is 6.14. The third-order valence-electron chi connectivity index (χ3n) is 3.62. The molecular weight excluding hydrogens is 200 g/mol. The number of hydrogen-bond acceptors (Lipinski definition) is 2. The molecule has 0 amide bonds. The topological polar surface area (TPSA) is 18.5 Å². The van der Waals surface area contributed by atoms with Gasteiger partial charge in [0, 0.05) is 12.8 Å². The monoisotopic (exact) mass is 218 g/mol. The summed E-state index contributed by atoms with van der Waals surface area (Å²) < 4.78 is 11.7. The van der Waals surface area contributed by atoms with E-state index in [-0.39, 0.29) is 5.79 Å². The molecule has 1 heterocycles. The van der Waals surface area contributed by atoms with Crippen LogP contribution in [0.1, 0.15) is 29.5 Å². The molecule has 0 N–H and O–H groups in total. The molecule has 2 nitrogen and oxygen atoms in total. The van der Waals surface area contributed by atoms with Crippen molar-refractivity contribution in [1.29, 1.82) is 0 Å². The summed E-state index contributed by atoms with van der Waals surface area (Å²) in [6, 6.07) is 6.71. The normalized spacial score (nSPS) is 23.1. The smallest absolute Gasteiger partial charge is 0.172 e. The Bertz CT molecular complexity index is 392. The van der Waals surface area contributed by atoms with Crippen LogP contribution < -0.4 is 0 Å². The predicted molar refractivity (Wildman–Crippen MR) is 62.5 cm³/mol. The van der Waals surface area contributed by atoms with Gasteiger partial charge in [-0.05, 0) is 30.9 Å². The predicted octanol–water partition coefficient (Wildman–Crippen LogP) is 2.62. The molecule has 2 aliphatic rings. The molecule has 1 aliphatic heterocycles. The van der Waals surface area contributed by atoms with Gasteiger partial charge in [0.15, 0.2) is 5.79 Å². The lowest BCUT2D eigenvalue weighted by Gasteiger charge is -2.40. The van der Waals surface area contributed by atoms with Gasteiger partial charge < -0.3 is 9.47 Å². The number of rotatable bonds is 0. The van der Waals surface area contributed by atoms with Crippen LogP contribution >= 0.6 is 0 Å². The highest BCUT2D eigenvalue weighted by Crippen LogP contribution is 2.34. The largest absolute Gasteiger partial charge is 0.349 e. The molecular formula is C14H18O2. The molecule has 0 atom stereocenters. The molecule has 1 spiro atoms. The van der Waals surface area contributed by atoms with Crippen molar-refractivity contribution in [1.82, 2.24) is 0 Å². The highest BCUT2D eigenvalue weighted by Gasteiger charge is 2.38. The Morgan fingerprint density at radius 1 is 1.12 bits per heavy atom. The van der Waals surface area contributed by atoms with E-state index >= 15 is 0 Å². The molecule has 86 valence electrons. The Morgan fingerprint density at radius 2 is 1.94 bits per heavy atom. The molecule has 1 fully saturated rings. The summed E-state index contributed by atoms with van der Waals surface area (Å²) in [5.74, 6) is -0.305.